The van der Waals surface area contributed by atoms with Gasteiger partial charge < -0.3 is 45.2 Å². The number of aliphatic hydroxyl groups excluding tert-OH is 2. The largest absolute Gasteiger partial charge is 0.756 e. The van der Waals surface area contributed by atoms with E-state index in [0.717, 1.165) is 25.7 Å². The summed E-state index contributed by atoms with van der Waals surface area (Å²) in [7, 11) is -17.1. The number of nitrogens with one attached hydrogen (secondary N) is 2. The molecule has 0 saturated carbocycles. The molecule has 7 N–H and O–H groups in total. The Labute approximate surface area is 232 Å². The van der Waals surface area contributed by atoms with E-state index in [2.05, 4.69) is 38.7 Å². The van der Waals surface area contributed by atoms with Crippen molar-refractivity contribution >= 4 is 46.4 Å². The number of carbonyl (C=O) groups excluding carboxylic acids is 1. The molecule has 41 heavy (non-hydrogen) atoms. The number of hydrogen-bond donors (Lipinski definition) is 7. The Balaban J connectivity index is 1.58. The van der Waals surface area contributed by atoms with Gasteiger partial charge in [-0.3, -0.25) is 18.5 Å². The first kappa shape index (κ1) is 33.6. The van der Waals surface area contributed by atoms with Crippen LogP contribution in [0.25, 0.3) is 11.2 Å². The molecule has 0 aliphatic carbocycles. The van der Waals surface area contributed by atoms with Crippen molar-refractivity contribution in [3.05, 3.63) is 12.7 Å². The Morgan fingerprint density at radius 1 is 1.02 bits per heavy atom. The zero-order valence-corrected chi connectivity index (χ0v) is 24.1. The Hall–Kier alpha value is -1.89. The molecule has 1 amide bonds. The van der Waals surface area contributed by atoms with E-state index in [1.807, 2.05) is 0 Å². The average molecular weight is 647 g/mol. The number of phosphoric ester groups is 1. The van der Waals surface area contributed by atoms with Gasteiger partial charge >= 0.3 is 15.6 Å². The molecule has 0 radical (unpaired) electrons. The fourth-order valence-electron chi connectivity index (χ4n) is 3.81. The maximum atomic E-state index is 12.0. The highest BCUT2D eigenvalue weighted by Crippen LogP contribution is 2.65. The lowest BCUT2D eigenvalue weighted by molar-refractivity contribution is -0.212. The summed E-state index contributed by atoms with van der Waals surface area (Å²) in [6, 6.07) is 0. The van der Waals surface area contributed by atoms with Crippen LogP contribution in [-0.2, 0) is 36.4 Å². The second kappa shape index (κ2) is 14.1. The highest BCUT2D eigenvalue weighted by Gasteiger charge is 2.46. The quantitative estimate of drug-likeness (QED) is 0.0872. The molecule has 232 valence electrons. The molecule has 4 unspecified atom stereocenters. The van der Waals surface area contributed by atoms with Crippen molar-refractivity contribution in [1.82, 2.24) is 24.8 Å². The van der Waals surface area contributed by atoms with Gasteiger partial charge in [-0.2, -0.15) is 4.31 Å². The lowest BCUT2D eigenvalue weighted by atomic mass is 10.1. The number of ether oxygens (including phenoxy) is 1. The van der Waals surface area contributed by atoms with Gasteiger partial charge in [-0.1, -0.05) is 12.8 Å². The van der Waals surface area contributed by atoms with Crippen LogP contribution in [0.15, 0.2) is 12.7 Å². The van der Waals surface area contributed by atoms with E-state index in [1.54, 1.807) is 0 Å². The highest BCUT2D eigenvalue weighted by molar-refractivity contribution is 7.66. The third-order valence-electron chi connectivity index (χ3n) is 5.55. The summed E-state index contributed by atoms with van der Waals surface area (Å²) in [5.74, 6) is 0.333. The molecule has 1 fully saturated rings. The van der Waals surface area contributed by atoms with Crippen LogP contribution in [0.1, 0.15) is 38.8 Å². The molecule has 0 spiro atoms. The zero-order valence-electron chi connectivity index (χ0n) is 21.5. The van der Waals surface area contributed by atoms with Crippen LogP contribution in [0.5, 0.6) is 0 Å². The number of aliphatic hydroxyl groups is 2. The van der Waals surface area contributed by atoms with Gasteiger partial charge in [-0.25, -0.2) is 28.4 Å². The number of rotatable bonds is 16. The number of carbonyl (C=O) groups is 1. The minimum atomic E-state index is -5.82. The molecule has 3 rings (SSSR count). The van der Waals surface area contributed by atoms with Crippen LogP contribution in [0.2, 0.25) is 0 Å². The molecule has 0 bridgehead atoms. The number of amides is 1. The van der Waals surface area contributed by atoms with Crippen LogP contribution in [0.4, 0.5) is 5.82 Å². The van der Waals surface area contributed by atoms with Gasteiger partial charge in [-0.15, -0.1) is 0 Å². The fraction of sp³-hybridized carbons (Fsp3) is 0.667. The second-order valence-corrected chi connectivity index (χ2v) is 13.2. The Bertz CT molecular complexity index is 1340. The highest BCUT2D eigenvalue weighted by atomic mass is 31.3. The number of anilines is 1. The lowest BCUT2D eigenvalue weighted by Gasteiger charge is -2.21. The summed E-state index contributed by atoms with van der Waals surface area (Å²) in [6.07, 6.45) is -0.0671. The van der Waals surface area contributed by atoms with E-state index in [1.165, 1.54) is 24.1 Å². The van der Waals surface area contributed by atoms with Crippen LogP contribution in [-0.4, -0.2) is 88.3 Å². The Morgan fingerprint density at radius 2 is 1.71 bits per heavy atom. The lowest BCUT2D eigenvalue weighted by Crippen LogP contribution is -2.33. The predicted octanol–water partition coefficient (Wildman–Crippen LogP) is -0.735. The number of nitrogens with zero attached hydrogens (tertiary/aromatic N) is 4. The van der Waals surface area contributed by atoms with Gasteiger partial charge in [0, 0.05) is 20.0 Å². The van der Waals surface area contributed by atoms with E-state index >= 15 is 0 Å². The van der Waals surface area contributed by atoms with Crippen molar-refractivity contribution in [2.45, 2.75) is 57.1 Å². The van der Waals surface area contributed by atoms with Gasteiger partial charge in [-0.05, 0) is 12.8 Å². The number of fused-ring (bicyclic) bond motifs is 1. The van der Waals surface area contributed by atoms with Crippen LogP contribution >= 0.6 is 23.5 Å². The summed E-state index contributed by atoms with van der Waals surface area (Å²) in [6.45, 7) is 1.67. The molecular weight excluding hydrogens is 617 g/mol. The van der Waals surface area contributed by atoms with Gasteiger partial charge in [0.15, 0.2) is 23.2 Å². The SMILES string of the molecule is CC(=O)NCCCCCCNc1ncnc2c1ncn2C1O[C@H](COP(=O)(O)OP(=O)(O)OP(=O)([O-])O)[C@@H](O)[C@H]1O. The zero-order chi connectivity index (χ0) is 30.4. The fourth-order valence-corrected chi connectivity index (χ4v) is 6.80. The number of phosphoric acid groups is 3. The molecular formula is C18H30N6O14P3-. The third kappa shape index (κ3) is 10.1. The summed E-state index contributed by atoms with van der Waals surface area (Å²) >= 11 is 0. The Morgan fingerprint density at radius 3 is 2.37 bits per heavy atom. The molecule has 23 heteroatoms. The van der Waals surface area contributed by atoms with Crippen molar-refractivity contribution in [1.29, 1.82) is 0 Å². The van der Waals surface area contributed by atoms with Crippen LogP contribution in [0, 0.1) is 0 Å². The maximum absolute atomic E-state index is 12.0. The summed E-state index contributed by atoms with van der Waals surface area (Å²) in [5, 5.41) is 26.8. The molecule has 1 aliphatic rings. The van der Waals surface area contributed by atoms with E-state index < -0.39 is 54.6 Å². The summed E-state index contributed by atoms with van der Waals surface area (Å²) < 4.78 is 52.4. The van der Waals surface area contributed by atoms with Gasteiger partial charge in [0.25, 0.3) is 7.82 Å². The molecule has 1 saturated heterocycles. The van der Waals surface area contributed by atoms with E-state index in [4.69, 9.17) is 9.63 Å². The van der Waals surface area contributed by atoms with Crippen molar-refractivity contribution in [3.63, 3.8) is 0 Å². The average Bonchev–Trinajstić information content (AvgIpc) is 3.38. The minimum Gasteiger partial charge on any atom is -0.756 e. The molecule has 1 aliphatic heterocycles. The van der Waals surface area contributed by atoms with E-state index in [-0.39, 0.29) is 11.6 Å². The van der Waals surface area contributed by atoms with Crippen molar-refractivity contribution in [2.24, 2.45) is 0 Å². The first-order chi connectivity index (χ1) is 19.1. The monoisotopic (exact) mass is 647 g/mol. The summed E-state index contributed by atoms with van der Waals surface area (Å²) in [5.41, 5.74) is 0.547. The second-order valence-electron chi connectivity index (χ2n) is 8.78. The first-order valence-corrected chi connectivity index (χ1v) is 16.5. The number of imidazole rings is 1. The van der Waals surface area contributed by atoms with Crippen molar-refractivity contribution in [3.8, 4) is 0 Å². The molecule has 7 atom stereocenters. The standard InChI is InChI=1S/C18H31N6O14P3/c1-11(25)19-6-4-2-3-5-7-20-16-13-17(22-9-21-16)24(10-23-13)18-15(27)14(26)12(36-18)8-35-40(31,32)38-41(33,34)37-39(28,29)30/h9-10,12,14-15,18,26-27H,2-8H2,1H3,(H,19,25)(H,31,32)(H,33,34)(H,20,21,22)(H2,28,29,30)/p-1/t12-,14-,15-,18?/m1/s1. The Kier molecular flexibility index (Phi) is 11.5. The van der Waals surface area contributed by atoms with E-state index in [0.29, 0.717) is 24.4 Å². The van der Waals surface area contributed by atoms with Crippen LogP contribution < -0.4 is 15.5 Å². The van der Waals surface area contributed by atoms with Gasteiger partial charge in [0.1, 0.15) is 24.6 Å². The van der Waals surface area contributed by atoms with E-state index in [9.17, 15) is 43.4 Å². The smallest absolute Gasteiger partial charge is 0.487 e. The third-order valence-corrected chi connectivity index (χ3v) is 9.33. The van der Waals surface area contributed by atoms with Gasteiger partial charge in [0.05, 0.1) is 12.9 Å². The molecule has 3 heterocycles. The normalized spacial score (nSPS) is 25.3. The maximum Gasteiger partial charge on any atom is 0.487 e. The first-order valence-electron chi connectivity index (χ1n) is 12.0. The molecule has 2 aromatic heterocycles. The van der Waals surface area contributed by atoms with Crippen molar-refractivity contribution in [2.75, 3.05) is 25.0 Å². The molecule has 2 aromatic rings. The predicted molar refractivity (Wildman–Crippen MR) is 134 cm³/mol. The summed E-state index contributed by atoms with van der Waals surface area (Å²) in [4.78, 5) is 61.3. The number of unbranched alkanes of at least 4 members (excludes halogenated alkanes) is 3. The minimum absolute atomic E-state index is 0.0688. The van der Waals surface area contributed by atoms with Crippen molar-refractivity contribution < 1.29 is 66.2 Å². The number of aromatic nitrogens is 4. The molecule has 20 nitrogen and oxygen atoms in total. The van der Waals surface area contributed by atoms with Crippen LogP contribution in [0.3, 0.4) is 0 Å². The van der Waals surface area contributed by atoms with Gasteiger partial charge in [0.2, 0.25) is 5.91 Å². The topological polar surface area (TPSA) is 297 Å². The number of hydrogen-bond acceptors (Lipinski definition) is 15. The molecule has 0 aromatic carbocycles.